The molecule has 2 amide bonds. The molecule has 8 rings (SSSR count). The lowest BCUT2D eigenvalue weighted by Crippen LogP contribution is -2.47. The second-order valence-corrected chi connectivity index (χ2v) is 12.7. The normalized spacial score (nSPS) is 19.6. The SMILES string of the molecule is CC1(C(=O)Nc2nc(-c3cccc(C(=O)N(CCO)Cc4ccccc4)c3)cs2)CC2c3ccccc3C1c1ccccc12. The molecule has 44 heavy (non-hydrogen) atoms. The van der Waals surface area contributed by atoms with Gasteiger partial charge in [0.2, 0.25) is 5.91 Å². The summed E-state index contributed by atoms with van der Waals surface area (Å²) < 4.78 is 0. The number of hydrogen-bond acceptors (Lipinski definition) is 5. The first-order valence-corrected chi connectivity index (χ1v) is 15.8. The van der Waals surface area contributed by atoms with E-state index in [0.717, 1.165) is 17.5 Å². The molecule has 1 aromatic heterocycles. The third-order valence-corrected chi connectivity index (χ3v) is 9.91. The maximum Gasteiger partial charge on any atom is 0.254 e. The van der Waals surface area contributed by atoms with Gasteiger partial charge < -0.3 is 15.3 Å². The van der Waals surface area contributed by atoms with E-state index in [1.165, 1.54) is 33.6 Å². The Morgan fingerprint density at radius 1 is 0.909 bits per heavy atom. The van der Waals surface area contributed by atoms with E-state index < -0.39 is 5.41 Å². The molecular formula is C37H33N3O3S. The predicted octanol–water partition coefficient (Wildman–Crippen LogP) is 7.07. The number of carbonyl (C=O) groups excluding carboxylic acids is 2. The number of nitrogens with one attached hydrogen (secondary N) is 1. The van der Waals surface area contributed by atoms with Crippen molar-refractivity contribution in [3.05, 3.63) is 142 Å². The molecule has 1 heterocycles. The van der Waals surface area contributed by atoms with Gasteiger partial charge in [0.05, 0.1) is 17.7 Å². The summed E-state index contributed by atoms with van der Waals surface area (Å²) in [5.74, 6) is -0.0291. The first kappa shape index (κ1) is 28.2. The van der Waals surface area contributed by atoms with Crippen molar-refractivity contribution in [3.8, 4) is 11.3 Å². The van der Waals surface area contributed by atoms with Gasteiger partial charge in [0.1, 0.15) is 0 Å². The number of amides is 2. The summed E-state index contributed by atoms with van der Waals surface area (Å²) >= 11 is 1.39. The van der Waals surface area contributed by atoms with E-state index in [9.17, 15) is 14.7 Å². The van der Waals surface area contributed by atoms with E-state index in [0.29, 0.717) is 22.9 Å². The van der Waals surface area contributed by atoms with Gasteiger partial charge in [0.25, 0.3) is 5.91 Å². The summed E-state index contributed by atoms with van der Waals surface area (Å²) in [6.45, 7) is 2.61. The second kappa shape index (κ2) is 11.5. The van der Waals surface area contributed by atoms with Crippen molar-refractivity contribution < 1.29 is 14.7 Å². The second-order valence-electron chi connectivity index (χ2n) is 11.9. The lowest BCUT2D eigenvalue weighted by molar-refractivity contribution is -0.126. The quantitative estimate of drug-likeness (QED) is 0.200. The van der Waals surface area contributed by atoms with Crippen LogP contribution in [-0.2, 0) is 11.3 Å². The van der Waals surface area contributed by atoms with Crippen molar-refractivity contribution in [1.29, 1.82) is 0 Å². The highest BCUT2D eigenvalue weighted by molar-refractivity contribution is 7.14. The van der Waals surface area contributed by atoms with Gasteiger partial charge in [0.15, 0.2) is 5.13 Å². The molecule has 2 N–H and O–H groups in total. The largest absolute Gasteiger partial charge is 0.395 e. The average Bonchev–Trinajstić information content (AvgIpc) is 3.53. The fourth-order valence-corrected chi connectivity index (χ4v) is 7.78. The van der Waals surface area contributed by atoms with Gasteiger partial charge >= 0.3 is 0 Å². The van der Waals surface area contributed by atoms with Gasteiger partial charge in [-0.25, -0.2) is 4.98 Å². The zero-order valence-corrected chi connectivity index (χ0v) is 25.3. The molecule has 0 saturated heterocycles. The average molecular weight is 600 g/mol. The number of carbonyl (C=O) groups is 2. The summed E-state index contributed by atoms with van der Waals surface area (Å²) in [6.07, 6.45) is 0.743. The molecule has 0 radical (unpaired) electrons. The van der Waals surface area contributed by atoms with Crippen LogP contribution in [-0.4, -0.2) is 40.0 Å². The molecule has 1 atom stereocenters. The minimum atomic E-state index is -0.625. The van der Waals surface area contributed by atoms with Gasteiger partial charge in [-0.3, -0.25) is 9.59 Å². The molecule has 5 aromatic rings. The number of aliphatic hydroxyl groups excluding tert-OH is 1. The highest BCUT2D eigenvalue weighted by Gasteiger charge is 2.54. The summed E-state index contributed by atoms with van der Waals surface area (Å²) in [5, 5.41) is 15.2. The number of aromatic nitrogens is 1. The highest BCUT2D eigenvalue weighted by atomic mass is 32.1. The molecule has 0 saturated carbocycles. The van der Waals surface area contributed by atoms with Gasteiger partial charge in [-0.05, 0) is 53.3 Å². The molecular weight excluding hydrogens is 566 g/mol. The van der Waals surface area contributed by atoms with Gasteiger partial charge in [-0.2, -0.15) is 0 Å². The number of anilines is 1. The smallest absolute Gasteiger partial charge is 0.254 e. The summed E-state index contributed by atoms with van der Waals surface area (Å²) in [5.41, 5.74) is 7.52. The molecule has 1 unspecified atom stereocenters. The Labute approximate surface area is 261 Å². The minimum absolute atomic E-state index is 0.0260. The molecule has 6 nitrogen and oxygen atoms in total. The lowest BCUT2D eigenvalue weighted by atomic mass is 9.52. The molecule has 0 aliphatic heterocycles. The van der Waals surface area contributed by atoms with E-state index in [1.54, 1.807) is 11.0 Å². The van der Waals surface area contributed by atoms with Crippen molar-refractivity contribution >= 4 is 28.3 Å². The Kier molecular flexibility index (Phi) is 7.36. The van der Waals surface area contributed by atoms with Crippen LogP contribution in [0.25, 0.3) is 11.3 Å². The Morgan fingerprint density at radius 3 is 2.25 bits per heavy atom. The van der Waals surface area contributed by atoms with Crippen LogP contribution in [0.15, 0.2) is 109 Å². The van der Waals surface area contributed by atoms with Crippen molar-refractivity contribution in [1.82, 2.24) is 9.88 Å². The fraction of sp³-hybridized carbons (Fsp3) is 0.216. The number of fused-ring (bicyclic) bond motifs is 1. The third kappa shape index (κ3) is 4.92. The maximum atomic E-state index is 14.1. The number of thiazole rings is 1. The zero-order valence-electron chi connectivity index (χ0n) is 24.4. The molecule has 2 bridgehead atoms. The Morgan fingerprint density at radius 2 is 1.57 bits per heavy atom. The van der Waals surface area contributed by atoms with Crippen LogP contribution >= 0.6 is 11.3 Å². The monoisotopic (exact) mass is 599 g/mol. The first-order chi connectivity index (χ1) is 21.5. The molecule has 3 aliphatic carbocycles. The standard InChI is InChI=1S/C37H33N3O3S/c1-37(21-31-27-14-5-7-16-29(27)33(37)30-17-8-6-15-28(30)31)35(43)39-36-38-32(23-44-36)25-12-9-13-26(20-25)34(42)40(18-19-41)22-24-10-3-2-4-11-24/h2-17,20,23,31,33,41H,18-19,21-22H2,1H3,(H,38,39,43). The van der Waals surface area contributed by atoms with Crippen LogP contribution in [0.3, 0.4) is 0 Å². The van der Waals surface area contributed by atoms with Crippen molar-refractivity contribution in [3.63, 3.8) is 0 Å². The molecule has 220 valence electrons. The van der Waals surface area contributed by atoms with Crippen molar-refractivity contribution in [2.45, 2.75) is 31.7 Å². The first-order valence-electron chi connectivity index (χ1n) is 15.0. The topological polar surface area (TPSA) is 82.5 Å². The zero-order chi connectivity index (χ0) is 30.3. The Bertz CT molecular complexity index is 1800. The summed E-state index contributed by atoms with van der Waals surface area (Å²) in [7, 11) is 0. The van der Waals surface area contributed by atoms with E-state index in [4.69, 9.17) is 4.98 Å². The molecule has 3 aliphatic rings. The number of benzene rings is 4. The van der Waals surface area contributed by atoms with Crippen LogP contribution in [0.1, 0.15) is 63.4 Å². The van der Waals surface area contributed by atoms with Crippen LogP contribution in [0.4, 0.5) is 5.13 Å². The van der Waals surface area contributed by atoms with Crippen molar-refractivity contribution in [2.24, 2.45) is 5.41 Å². The number of aliphatic hydroxyl groups is 1. The summed E-state index contributed by atoms with van der Waals surface area (Å²) in [6, 6.07) is 34.2. The van der Waals surface area contributed by atoms with Gasteiger partial charge in [0, 0.05) is 41.4 Å². The Hall–Kier alpha value is -4.59. The summed E-state index contributed by atoms with van der Waals surface area (Å²) in [4.78, 5) is 33.9. The molecule has 7 heteroatoms. The molecule has 4 aromatic carbocycles. The maximum absolute atomic E-state index is 14.1. The lowest BCUT2D eigenvalue weighted by Gasteiger charge is -2.50. The van der Waals surface area contributed by atoms with Crippen LogP contribution in [0.5, 0.6) is 0 Å². The predicted molar refractivity (Wildman–Crippen MR) is 174 cm³/mol. The Balaban J connectivity index is 1.11. The van der Waals surface area contributed by atoms with Crippen LogP contribution < -0.4 is 5.32 Å². The van der Waals surface area contributed by atoms with Crippen molar-refractivity contribution in [2.75, 3.05) is 18.5 Å². The number of rotatable bonds is 8. The fourth-order valence-electron chi connectivity index (χ4n) is 7.06. The minimum Gasteiger partial charge on any atom is -0.395 e. The van der Waals surface area contributed by atoms with E-state index in [1.807, 2.05) is 53.9 Å². The van der Waals surface area contributed by atoms with E-state index >= 15 is 0 Å². The van der Waals surface area contributed by atoms with Crippen LogP contribution in [0.2, 0.25) is 0 Å². The third-order valence-electron chi connectivity index (χ3n) is 9.15. The van der Waals surface area contributed by atoms with Crippen LogP contribution in [0, 0.1) is 5.41 Å². The van der Waals surface area contributed by atoms with Gasteiger partial charge in [-0.15, -0.1) is 11.3 Å². The van der Waals surface area contributed by atoms with Gasteiger partial charge in [-0.1, -0.05) is 91.0 Å². The van der Waals surface area contributed by atoms with E-state index in [2.05, 4.69) is 60.8 Å². The number of hydrogen-bond donors (Lipinski definition) is 2. The number of nitrogens with zero attached hydrogens (tertiary/aromatic N) is 2. The highest BCUT2D eigenvalue weighted by Crippen LogP contribution is 2.61. The van der Waals surface area contributed by atoms with E-state index in [-0.39, 0.29) is 36.8 Å². The molecule has 0 spiro atoms. The molecule has 0 fully saturated rings.